The molecule has 2 nitrogen and oxygen atoms in total. The second-order valence-corrected chi connectivity index (χ2v) is 6.33. The van der Waals surface area contributed by atoms with Gasteiger partial charge in [-0.2, -0.15) is 0 Å². The molecule has 0 saturated carbocycles. The first-order valence-electron chi connectivity index (χ1n) is 8.98. The van der Waals surface area contributed by atoms with Gasteiger partial charge in [-0.3, -0.25) is 0 Å². The van der Waals surface area contributed by atoms with Crippen LogP contribution in [0.2, 0.25) is 0 Å². The molecule has 0 aromatic heterocycles. The number of anilines is 2. The minimum atomic E-state index is -0.938. The number of allylic oxidation sites excluding steroid dienone is 1. The van der Waals surface area contributed by atoms with Gasteiger partial charge in [-0.25, -0.2) is 0 Å². The Morgan fingerprint density at radius 1 is 0.963 bits per heavy atom. The van der Waals surface area contributed by atoms with E-state index in [9.17, 15) is 5.11 Å². The number of terminal acetylenes is 1. The monoisotopic (exact) mass is 353 g/mol. The van der Waals surface area contributed by atoms with Crippen LogP contribution in [0, 0.1) is 12.3 Å². The molecule has 0 aliphatic heterocycles. The predicted molar refractivity (Wildman–Crippen MR) is 114 cm³/mol. The number of hydrogen-bond donors (Lipinski definition) is 1. The van der Waals surface area contributed by atoms with Crippen LogP contribution in [0.3, 0.4) is 0 Å². The smallest absolute Gasteiger partial charge is 0.141 e. The fourth-order valence-corrected chi connectivity index (χ4v) is 3.05. The highest BCUT2D eigenvalue weighted by Gasteiger charge is 2.16. The number of aliphatic hydroxyl groups is 1. The lowest BCUT2D eigenvalue weighted by molar-refractivity contribution is 0.239. The van der Waals surface area contributed by atoms with Gasteiger partial charge in [0.05, 0.1) is 0 Å². The van der Waals surface area contributed by atoms with Gasteiger partial charge in [0.1, 0.15) is 6.10 Å². The molecular weight excluding hydrogens is 330 g/mol. The normalized spacial score (nSPS) is 12.3. The zero-order valence-corrected chi connectivity index (χ0v) is 15.4. The molecule has 0 heterocycles. The van der Waals surface area contributed by atoms with Gasteiger partial charge < -0.3 is 10.0 Å². The molecule has 0 aliphatic carbocycles. The Morgan fingerprint density at radius 2 is 1.56 bits per heavy atom. The molecule has 3 rings (SSSR count). The average molecular weight is 353 g/mol. The SMILES string of the molecule is C#CC(O)c1ccccc1N(C/C=C(\C)c1ccccc1)c1ccccc1. The van der Waals surface area contributed by atoms with Crippen molar-refractivity contribution >= 4 is 16.9 Å². The standard InChI is InChI=1S/C25H23NO/c1-3-25(27)23-16-10-11-17-24(23)26(22-14-8-5-9-15-22)19-18-20(2)21-12-6-4-7-13-21/h1,4-18,25,27H,19H2,2H3/b20-18+. The first kappa shape index (κ1) is 18.5. The van der Waals surface area contributed by atoms with Crippen LogP contribution >= 0.6 is 0 Å². The van der Waals surface area contributed by atoms with E-state index in [0.717, 1.165) is 16.9 Å². The molecular formula is C25H23NO. The summed E-state index contributed by atoms with van der Waals surface area (Å²) in [7, 11) is 0. The maximum absolute atomic E-state index is 10.3. The third kappa shape index (κ3) is 4.47. The van der Waals surface area contributed by atoms with Crippen LogP contribution in [0.5, 0.6) is 0 Å². The summed E-state index contributed by atoms with van der Waals surface area (Å²) in [4.78, 5) is 2.17. The number of hydrogen-bond acceptors (Lipinski definition) is 2. The van der Waals surface area contributed by atoms with Crippen LogP contribution in [-0.2, 0) is 0 Å². The molecule has 27 heavy (non-hydrogen) atoms. The van der Waals surface area contributed by atoms with E-state index in [-0.39, 0.29) is 0 Å². The summed E-state index contributed by atoms with van der Waals surface area (Å²) in [5, 5.41) is 10.3. The molecule has 0 radical (unpaired) electrons. The maximum atomic E-state index is 10.3. The molecule has 0 saturated heterocycles. The molecule has 134 valence electrons. The van der Waals surface area contributed by atoms with Crippen LogP contribution in [0.25, 0.3) is 5.57 Å². The second-order valence-electron chi connectivity index (χ2n) is 6.33. The molecule has 1 atom stereocenters. The van der Waals surface area contributed by atoms with Gasteiger partial charge in [-0.05, 0) is 36.3 Å². The Balaban J connectivity index is 2.00. The van der Waals surface area contributed by atoms with Crippen molar-refractivity contribution in [2.24, 2.45) is 0 Å². The molecule has 0 spiro atoms. The molecule has 0 aliphatic rings. The van der Waals surface area contributed by atoms with Gasteiger partial charge in [-0.15, -0.1) is 6.42 Å². The highest BCUT2D eigenvalue weighted by atomic mass is 16.3. The Labute approximate surface area is 161 Å². The first-order chi connectivity index (χ1) is 13.2. The van der Waals surface area contributed by atoms with E-state index >= 15 is 0 Å². The third-order valence-electron chi connectivity index (χ3n) is 4.56. The van der Waals surface area contributed by atoms with Gasteiger partial charge in [0.25, 0.3) is 0 Å². The summed E-state index contributed by atoms with van der Waals surface area (Å²) in [6, 6.07) is 28.2. The Morgan fingerprint density at radius 3 is 2.22 bits per heavy atom. The van der Waals surface area contributed by atoms with E-state index in [0.29, 0.717) is 6.54 Å². The van der Waals surface area contributed by atoms with Crippen molar-refractivity contribution in [3.8, 4) is 12.3 Å². The minimum Gasteiger partial charge on any atom is -0.376 e. The molecule has 1 N–H and O–H groups in total. The van der Waals surface area contributed by atoms with Crippen LogP contribution < -0.4 is 4.90 Å². The molecule has 3 aromatic carbocycles. The summed E-state index contributed by atoms with van der Waals surface area (Å²) in [6.45, 7) is 2.78. The number of nitrogens with zero attached hydrogens (tertiary/aromatic N) is 1. The van der Waals surface area contributed by atoms with Crippen molar-refractivity contribution in [3.05, 3.63) is 102 Å². The Kier molecular flexibility index (Phi) is 6.10. The maximum Gasteiger partial charge on any atom is 0.141 e. The fraction of sp³-hybridized carbons (Fsp3) is 0.120. The van der Waals surface area contributed by atoms with E-state index in [4.69, 9.17) is 6.42 Å². The van der Waals surface area contributed by atoms with Gasteiger partial charge >= 0.3 is 0 Å². The van der Waals surface area contributed by atoms with Crippen LogP contribution in [-0.4, -0.2) is 11.7 Å². The van der Waals surface area contributed by atoms with Gasteiger partial charge in [0, 0.05) is 23.5 Å². The lowest BCUT2D eigenvalue weighted by Gasteiger charge is -2.27. The number of benzene rings is 3. The van der Waals surface area contributed by atoms with E-state index < -0.39 is 6.10 Å². The molecule has 0 fully saturated rings. The van der Waals surface area contributed by atoms with Crippen LogP contribution in [0.1, 0.15) is 24.2 Å². The van der Waals surface area contributed by atoms with Gasteiger partial charge in [0.2, 0.25) is 0 Å². The first-order valence-corrected chi connectivity index (χ1v) is 8.98. The number of aliphatic hydroxyl groups excluding tert-OH is 1. The summed E-state index contributed by atoms with van der Waals surface area (Å²) >= 11 is 0. The largest absolute Gasteiger partial charge is 0.376 e. The molecule has 0 bridgehead atoms. The molecule has 2 heteroatoms. The lowest BCUT2D eigenvalue weighted by Crippen LogP contribution is -2.19. The second kappa shape index (κ2) is 8.89. The van der Waals surface area contributed by atoms with Crippen molar-refractivity contribution in [1.29, 1.82) is 0 Å². The third-order valence-corrected chi connectivity index (χ3v) is 4.56. The summed E-state index contributed by atoms with van der Waals surface area (Å²) in [6.07, 6.45) is 6.74. The van der Waals surface area contributed by atoms with Crippen molar-refractivity contribution in [3.63, 3.8) is 0 Å². The van der Waals surface area contributed by atoms with E-state index in [1.165, 1.54) is 11.1 Å². The number of rotatable bonds is 6. The van der Waals surface area contributed by atoms with Gasteiger partial charge in [-0.1, -0.05) is 78.7 Å². The van der Waals surface area contributed by atoms with Crippen LogP contribution in [0.15, 0.2) is 91.0 Å². The van der Waals surface area contributed by atoms with Crippen molar-refractivity contribution < 1.29 is 5.11 Å². The van der Waals surface area contributed by atoms with Crippen LogP contribution in [0.4, 0.5) is 11.4 Å². The highest BCUT2D eigenvalue weighted by Crippen LogP contribution is 2.32. The van der Waals surface area contributed by atoms with Crippen molar-refractivity contribution in [2.45, 2.75) is 13.0 Å². The van der Waals surface area contributed by atoms with Crippen molar-refractivity contribution in [1.82, 2.24) is 0 Å². The quantitative estimate of drug-likeness (QED) is 0.584. The van der Waals surface area contributed by atoms with Gasteiger partial charge in [0.15, 0.2) is 0 Å². The summed E-state index contributed by atoms with van der Waals surface area (Å²) in [5.74, 6) is 2.43. The Bertz CT molecular complexity index is 939. The van der Waals surface area contributed by atoms with E-state index in [1.54, 1.807) is 0 Å². The van der Waals surface area contributed by atoms with E-state index in [1.807, 2.05) is 60.7 Å². The molecule has 3 aromatic rings. The lowest BCUT2D eigenvalue weighted by atomic mass is 10.0. The zero-order chi connectivity index (χ0) is 19.1. The molecule has 1 unspecified atom stereocenters. The van der Waals surface area contributed by atoms with E-state index in [2.05, 4.69) is 48.1 Å². The minimum absolute atomic E-state index is 0.666. The highest BCUT2D eigenvalue weighted by molar-refractivity contribution is 5.70. The zero-order valence-electron chi connectivity index (χ0n) is 15.4. The van der Waals surface area contributed by atoms with Crippen molar-refractivity contribution in [2.75, 3.05) is 11.4 Å². The molecule has 0 amide bonds. The summed E-state index contributed by atoms with van der Waals surface area (Å²) < 4.78 is 0. The number of para-hydroxylation sites is 2. The Hall–Kier alpha value is -3.28. The topological polar surface area (TPSA) is 23.5 Å². The summed E-state index contributed by atoms with van der Waals surface area (Å²) in [5.41, 5.74) is 5.08. The predicted octanol–water partition coefficient (Wildman–Crippen LogP) is 5.59. The average Bonchev–Trinajstić information content (AvgIpc) is 2.75. The fourth-order valence-electron chi connectivity index (χ4n) is 3.05.